The number of anilines is 1. The van der Waals surface area contributed by atoms with Crippen molar-refractivity contribution >= 4 is 51.6 Å². The molecule has 0 atom stereocenters. The van der Waals surface area contributed by atoms with Gasteiger partial charge in [-0.15, -0.1) is 0 Å². The average molecular weight is 338 g/mol. The van der Waals surface area contributed by atoms with Crippen LogP contribution in [0, 0.1) is 11.3 Å². The van der Waals surface area contributed by atoms with Crippen molar-refractivity contribution in [1.29, 1.82) is 5.26 Å². The summed E-state index contributed by atoms with van der Waals surface area (Å²) in [5.41, 5.74) is 3.59. The SMILES string of the molecule is Cn1cc(CNc2c(Cl)cc(Cl)c3c2N=S=N3)cc1C#N. The number of nitrogens with zero attached hydrogens (tertiary/aromatic N) is 4. The first-order valence-corrected chi connectivity index (χ1v) is 7.48. The molecule has 0 radical (unpaired) electrons. The summed E-state index contributed by atoms with van der Waals surface area (Å²) >= 11 is 13.4. The van der Waals surface area contributed by atoms with Crippen LogP contribution in [-0.4, -0.2) is 4.57 Å². The zero-order valence-electron chi connectivity index (χ0n) is 10.9. The molecule has 1 aromatic heterocycles. The van der Waals surface area contributed by atoms with E-state index in [1.807, 2.05) is 19.3 Å². The van der Waals surface area contributed by atoms with Gasteiger partial charge in [-0.05, 0) is 17.7 Å². The van der Waals surface area contributed by atoms with E-state index in [0.29, 0.717) is 39.3 Å². The molecule has 1 aliphatic heterocycles. The fourth-order valence-corrected chi connectivity index (χ4v) is 3.25. The van der Waals surface area contributed by atoms with Gasteiger partial charge in [0.25, 0.3) is 0 Å². The van der Waals surface area contributed by atoms with Crippen LogP contribution in [0.2, 0.25) is 10.0 Å². The lowest BCUT2D eigenvalue weighted by Gasteiger charge is -2.11. The van der Waals surface area contributed by atoms with Gasteiger partial charge in [-0.3, -0.25) is 0 Å². The number of hydrogen-bond donors (Lipinski definition) is 1. The van der Waals surface area contributed by atoms with Gasteiger partial charge in [0.2, 0.25) is 0 Å². The summed E-state index contributed by atoms with van der Waals surface area (Å²) in [5, 5.41) is 13.2. The molecule has 106 valence electrons. The van der Waals surface area contributed by atoms with E-state index in [4.69, 9.17) is 28.5 Å². The molecule has 0 aliphatic carbocycles. The smallest absolute Gasteiger partial charge is 0.130 e. The maximum Gasteiger partial charge on any atom is 0.130 e. The molecule has 1 aliphatic rings. The molecule has 1 aromatic carbocycles. The van der Waals surface area contributed by atoms with Crippen LogP contribution >= 0.6 is 23.2 Å². The molecule has 1 N–H and O–H groups in total. The minimum absolute atomic E-state index is 0.487. The van der Waals surface area contributed by atoms with Gasteiger partial charge < -0.3 is 9.88 Å². The fourth-order valence-electron chi connectivity index (χ4n) is 2.07. The van der Waals surface area contributed by atoms with Crippen molar-refractivity contribution in [2.75, 3.05) is 5.32 Å². The molecule has 0 amide bonds. The molecule has 8 heteroatoms. The van der Waals surface area contributed by atoms with Crippen LogP contribution in [0.25, 0.3) is 0 Å². The Kier molecular flexibility index (Phi) is 3.72. The maximum absolute atomic E-state index is 8.96. The Labute approximate surface area is 135 Å². The van der Waals surface area contributed by atoms with Crippen LogP contribution < -0.4 is 5.32 Å². The molecule has 0 saturated carbocycles. The number of benzene rings is 1. The molecular formula is C13H9Cl2N5S. The summed E-state index contributed by atoms with van der Waals surface area (Å²) in [4.78, 5) is 0. The summed E-state index contributed by atoms with van der Waals surface area (Å²) in [6.45, 7) is 0.531. The maximum atomic E-state index is 8.96. The third kappa shape index (κ3) is 2.56. The highest BCUT2D eigenvalue weighted by atomic mass is 35.5. The lowest BCUT2D eigenvalue weighted by molar-refractivity contribution is 0.902. The van der Waals surface area contributed by atoms with Crippen molar-refractivity contribution in [1.82, 2.24) is 4.57 Å². The molecule has 0 fully saturated rings. The van der Waals surface area contributed by atoms with Crippen molar-refractivity contribution in [3.05, 3.63) is 39.6 Å². The minimum Gasteiger partial charge on any atom is -0.378 e. The quantitative estimate of drug-likeness (QED) is 0.762. The van der Waals surface area contributed by atoms with Crippen LogP contribution in [0.5, 0.6) is 0 Å². The third-order valence-electron chi connectivity index (χ3n) is 3.09. The predicted molar refractivity (Wildman–Crippen MR) is 85.5 cm³/mol. The highest BCUT2D eigenvalue weighted by molar-refractivity contribution is 7.58. The van der Waals surface area contributed by atoms with Crippen molar-refractivity contribution < 1.29 is 0 Å². The molecule has 2 heterocycles. The monoisotopic (exact) mass is 337 g/mol. The summed E-state index contributed by atoms with van der Waals surface area (Å²) < 4.78 is 10.2. The number of aryl methyl sites for hydroxylation is 1. The van der Waals surface area contributed by atoms with Gasteiger partial charge in [-0.2, -0.15) is 14.0 Å². The summed E-state index contributed by atoms with van der Waals surface area (Å²) in [5.74, 6) is 0. The van der Waals surface area contributed by atoms with Gasteiger partial charge in [-0.25, -0.2) is 0 Å². The molecule has 3 rings (SSSR count). The summed E-state index contributed by atoms with van der Waals surface area (Å²) in [6.07, 6.45) is 1.89. The van der Waals surface area contributed by atoms with Crippen LogP contribution in [0.3, 0.4) is 0 Å². The number of aromatic nitrogens is 1. The van der Waals surface area contributed by atoms with E-state index in [-0.39, 0.29) is 0 Å². The molecule has 21 heavy (non-hydrogen) atoms. The van der Waals surface area contributed by atoms with Crippen LogP contribution in [-0.2, 0) is 24.9 Å². The number of nitrogens with one attached hydrogen (secondary N) is 1. The first-order valence-electron chi connectivity index (χ1n) is 5.99. The minimum atomic E-state index is 0.487. The second-order valence-corrected chi connectivity index (χ2v) is 5.83. The summed E-state index contributed by atoms with van der Waals surface area (Å²) in [7, 11) is 1.83. The Balaban J connectivity index is 1.88. The fraction of sp³-hybridized carbons (Fsp3) is 0.154. The van der Waals surface area contributed by atoms with E-state index in [1.165, 1.54) is 0 Å². The average Bonchev–Trinajstić information content (AvgIpc) is 3.05. The Morgan fingerprint density at radius 3 is 2.76 bits per heavy atom. The molecule has 2 aromatic rings. The van der Waals surface area contributed by atoms with Crippen molar-refractivity contribution in [2.24, 2.45) is 15.8 Å². The number of rotatable bonds is 3. The number of halogens is 2. The Morgan fingerprint density at radius 1 is 1.29 bits per heavy atom. The van der Waals surface area contributed by atoms with Crippen LogP contribution in [0.1, 0.15) is 11.3 Å². The van der Waals surface area contributed by atoms with Crippen molar-refractivity contribution in [3.8, 4) is 6.07 Å². The first kappa shape index (κ1) is 14.1. The zero-order chi connectivity index (χ0) is 15.0. The normalized spacial score (nSPS) is 11.9. The summed E-state index contributed by atoms with van der Waals surface area (Å²) in [6, 6.07) is 5.61. The van der Waals surface area contributed by atoms with E-state index in [0.717, 1.165) is 16.9 Å². The Hall–Kier alpha value is -1.81. The molecule has 0 saturated heterocycles. The van der Waals surface area contributed by atoms with Crippen LogP contribution in [0.15, 0.2) is 27.1 Å². The van der Waals surface area contributed by atoms with E-state index in [9.17, 15) is 0 Å². The number of fused-ring (bicyclic) bond motifs is 1. The predicted octanol–water partition coefficient (Wildman–Crippen LogP) is 4.54. The second-order valence-electron chi connectivity index (χ2n) is 4.49. The molecule has 0 spiro atoms. The topological polar surface area (TPSA) is 65.5 Å². The van der Waals surface area contributed by atoms with E-state index in [1.54, 1.807) is 10.6 Å². The molecule has 0 bridgehead atoms. The van der Waals surface area contributed by atoms with E-state index < -0.39 is 0 Å². The highest BCUT2D eigenvalue weighted by Crippen LogP contribution is 2.47. The lowest BCUT2D eigenvalue weighted by Crippen LogP contribution is -1.99. The standard InChI is InChI=1S/C13H9Cl2N5S/c1-20-6-7(2-8(20)4-16)5-17-11-9(14)3-10(15)12-13(11)19-21-18-12/h2-3,6,17H,5H2,1H3. The Bertz CT molecular complexity index is 843. The molecular weight excluding hydrogens is 329 g/mol. The van der Waals surface area contributed by atoms with Gasteiger partial charge in [0, 0.05) is 19.8 Å². The van der Waals surface area contributed by atoms with E-state index in [2.05, 4.69) is 20.1 Å². The van der Waals surface area contributed by atoms with E-state index >= 15 is 0 Å². The first-order chi connectivity index (χ1) is 10.1. The zero-order valence-corrected chi connectivity index (χ0v) is 13.2. The molecule has 5 nitrogen and oxygen atoms in total. The second kappa shape index (κ2) is 5.53. The largest absolute Gasteiger partial charge is 0.378 e. The van der Waals surface area contributed by atoms with Crippen molar-refractivity contribution in [3.63, 3.8) is 0 Å². The van der Waals surface area contributed by atoms with Gasteiger partial charge in [0.05, 0.1) is 27.1 Å². The molecule has 0 unspecified atom stereocenters. The van der Waals surface area contributed by atoms with Crippen molar-refractivity contribution in [2.45, 2.75) is 6.54 Å². The number of hydrogen-bond acceptors (Lipinski definition) is 4. The van der Waals surface area contributed by atoms with Crippen LogP contribution in [0.4, 0.5) is 17.1 Å². The number of nitriles is 1. The Morgan fingerprint density at radius 2 is 2.05 bits per heavy atom. The van der Waals surface area contributed by atoms with Gasteiger partial charge in [-0.1, -0.05) is 23.2 Å². The third-order valence-corrected chi connectivity index (χ3v) is 4.20. The lowest BCUT2D eigenvalue weighted by atomic mass is 10.2. The highest BCUT2D eigenvalue weighted by Gasteiger charge is 2.18. The van der Waals surface area contributed by atoms with Gasteiger partial charge in [0.15, 0.2) is 0 Å². The van der Waals surface area contributed by atoms with Gasteiger partial charge in [0.1, 0.15) is 23.1 Å². The van der Waals surface area contributed by atoms with Gasteiger partial charge >= 0.3 is 0 Å².